The zero-order valence-corrected chi connectivity index (χ0v) is 12.8. The van der Waals surface area contributed by atoms with Gasteiger partial charge in [0.05, 0.1) is 11.7 Å². The highest BCUT2D eigenvalue weighted by Gasteiger charge is 2.26. The Morgan fingerprint density at radius 2 is 2.26 bits per heavy atom. The first-order chi connectivity index (χ1) is 8.97. The van der Waals surface area contributed by atoms with Crippen molar-refractivity contribution < 1.29 is 9.53 Å². The predicted octanol–water partition coefficient (Wildman–Crippen LogP) is 2.41. The third-order valence-corrected chi connectivity index (χ3v) is 3.54. The smallest absolute Gasteiger partial charge is 0.257 e. The largest absolute Gasteiger partial charge is 0.490 e. The van der Waals surface area contributed by atoms with Crippen molar-refractivity contribution in [2.45, 2.75) is 32.4 Å². The van der Waals surface area contributed by atoms with Crippen LogP contribution in [-0.4, -0.2) is 36.0 Å². The van der Waals surface area contributed by atoms with E-state index in [0.29, 0.717) is 17.9 Å². The van der Waals surface area contributed by atoms with Crippen molar-refractivity contribution in [2.75, 3.05) is 13.1 Å². The fourth-order valence-corrected chi connectivity index (χ4v) is 2.51. The minimum absolute atomic E-state index is 0.00361. The molecule has 1 amide bonds. The van der Waals surface area contributed by atoms with Crippen LogP contribution in [0.15, 0.2) is 22.7 Å². The Morgan fingerprint density at radius 1 is 1.53 bits per heavy atom. The molecule has 0 radical (unpaired) electrons. The van der Waals surface area contributed by atoms with E-state index in [9.17, 15) is 4.79 Å². The van der Waals surface area contributed by atoms with Crippen LogP contribution >= 0.6 is 15.9 Å². The zero-order valence-electron chi connectivity index (χ0n) is 11.2. The molecule has 1 aliphatic rings. The number of rotatable bonds is 3. The highest BCUT2D eigenvalue weighted by atomic mass is 79.9. The van der Waals surface area contributed by atoms with E-state index in [1.807, 2.05) is 26.0 Å². The summed E-state index contributed by atoms with van der Waals surface area (Å²) < 4.78 is 6.63. The van der Waals surface area contributed by atoms with E-state index in [0.717, 1.165) is 17.4 Å². The van der Waals surface area contributed by atoms with E-state index in [-0.39, 0.29) is 18.1 Å². The molecule has 104 valence electrons. The SMILES string of the molecule is CC(C)Oc1cc(Br)ccc1C(=O)N1CC[C@@H](N)C1. The Kier molecular flexibility index (Phi) is 4.47. The van der Waals surface area contributed by atoms with Gasteiger partial charge in [-0.25, -0.2) is 0 Å². The third-order valence-electron chi connectivity index (χ3n) is 3.05. The maximum absolute atomic E-state index is 12.5. The molecule has 1 aromatic rings. The number of hydrogen-bond donors (Lipinski definition) is 1. The van der Waals surface area contributed by atoms with E-state index in [2.05, 4.69) is 15.9 Å². The highest BCUT2D eigenvalue weighted by Crippen LogP contribution is 2.27. The van der Waals surface area contributed by atoms with Crippen LogP contribution in [0.2, 0.25) is 0 Å². The van der Waals surface area contributed by atoms with Crippen molar-refractivity contribution in [1.82, 2.24) is 4.90 Å². The molecule has 1 heterocycles. The van der Waals surface area contributed by atoms with Gasteiger partial charge in [0.1, 0.15) is 5.75 Å². The summed E-state index contributed by atoms with van der Waals surface area (Å²) in [4.78, 5) is 14.3. The van der Waals surface area contributed by atoms with Gasteiger partial charge in [-0.15, -0.1) is 0 Å². The topological polar surface area (TPSA) is 55.6 Å². The fraction of sp³-hybridized carbons (Fsp3) is 0.500. The lowest BCUT2D eigenvalue weighted by atomic mass is 10.1. The Balaban J connectivity index is 2.25. The Labute approximate surface area is 122 Å². The standard InChI is InChI=1S/C14H19BrN2O2/c1-9(2)19-13-7-10(15)3-4-12(13)14(18)17-6-5-11(16)8-17/h3-4,7,9,11H,5-6,8,16H2,1-2H3/t11-/m1/s1. The molecule has 1 atom stereocenters. The quantitative estimate of drug-likeness (QED) is 0.928. The number of likely N-dealkylation sites (tertiary alicyclic amines) is 1. The van der Waals surface area contributed by atoms with Crippen LogP contribution in [0.3, 0.4) is 0 Å². The number of benzene rings is 1. The number of amides is 1. The van der Waals surface area contributed by atoms with E-state index < -0.39 is 0 Å². The van der Waals surface area contributed by atoms with Crippen LogP contribution in [0, 0.1) is 0 Å². The summed E-state index contributed by atoms with van der Waals surface area (Å²) in [5, 5.41) is 0. The molecule has 2 rings (SSSR count). The summed E-state index contributed by atoms with van der Waals surface area (Å²) in [5.41, 5.74) is 6.45. The lowest BCUT2D eigenvalue weighted by Crippen LogP contribution is -2.32. The second-order valence-electron chi connectivity index (χ2n) is 5.11. The maximum atomic E-state index is 12.5. The summed E-state index contributed by atoms with van der Waals surface area (Å²) in [6.45, 7) is 5.23. The average Bonchev–Trinajstić information content (AvgIpc) is 2.74. The molecular formula is C14H19BrN2O2. The molecule has 19 heavy (non-hydrogen) atoms. The van der Waals surface area contributed by atoms with E-state index in [1.54, 1.807) is 11.0 Å². The number of nitrogens with two attached hydrogens (primary N) is 1. The van der Waals surface area contributed by atoms with Gasteiger partial charge in [-0.3, -0.25) is 4.79 Å². The van der Waals surface area contributed by atoms with Crippen molar-refractivity contribution >= 4 is 21.8 Å². The van der Waals surface area contributed by atoms with E-state index in [4.69, 9.17) is 10.5 Å². The molecule has 0 bridgehead atoms. The van der Waals surface area contributed by atoms with Gasteiger partial charge in [0.2, 0.25) is 0 Å². The molecule has 1 fully saturated rings. The number of carbonyl (C=O) groups is 1. The van der Waals surface area contributed by atoms with E-state index >= 15 is 0 Å². The van der Waals surface area contributed by atoms with Gasteiger partial charge in [-0.2, -0.15) is 0 Å². The van der Waals surface area contributed by atoms with Gasteiger partial charge in [-0.05, 0) is 38.5 Å². The molecule has 1 aliphatic heterocycles. The predicted molar refractivity (Wildman–Crippen MR) is 78.4 cm³/mol. The molecule has 2 N–H and O–H groups in total. The van der Waals surface area contributed by atoms with Crippen molar-refractivity contribution in [3.05, 3.63) is 28.2 Å². The molecule has 0 aliphatic carbocycles. The highest BCUT2D eigenvalue weighted by molar-refractivity contribution is 9.10. The second-order valence-corrected chi connectivity index (χ2v) is 6.02. The molecule has 0 unspecified atom stereocenters. The van der Waals surface area contributed by atoms with Gasteiger partial charge >= 0.3 is 0 Å². The van der Waals surface area contributed by atoms with Crippen molar-refractivity contribution in [3.63, 3.8) is 0 Å². The summed E-state index contributed by atoms with van der Waals surface area (Å²) in [6, 6.07) is 5.59. The monoisotopic (exact) mass is 326 g/mol. The van der Waals surface area contributed by atoms with Crippen LogP contribution < -0.4 is 10.5 Å². The summed E-state index contributed by atoms with van der Waals surface area (Å²) in [7, 11) is 0. The van der Waals surface area contributed by atoms with Crippen LogP contribution in [0.5, 0.6) is 5.75 Å². The maximum Gasteiger partial charge on any atom is 0.257 e. The summed E-state index contributed by atoms with van der Waals surface area (Å²) in [5.74, 6) is 0.617. The molecule has 5 heteroatoms. The van der Waals surface area contributed by atoms with Gasteiger partial charge in [-0.1, -0.05) is 15.9 Å². The third kappa shape index (κ3) is 3.48. The lowest BCUT2D eigenvalue weighted by molar-refractivity contribution is 0.0784. The van der Waals surface area contributed by atoms with Crippen molar-refractivity contribution in [2.24, 2.45) is 5.73 Å². The zero-order chi connectivity index (χ0) is 14.0. The Bertz CT molecular complexity index is 477. The molecular weight excluding hydrogens is 308 g/mol. The molecule has 1 aromatic carbocycles. The number of nitrogens with zero attached hydrogens (tertiary/aromatic N) is 1. The normalized spacial score (nSPS) is 19.0. The molecule has 0 saturated carbocycles. The Morgan fingerprint density at radius 3 is 2.84 bits per heavy atom. The lowest BCUT2D eigenvalue weighted by Gasteiger charge is -2.19. The molecule has 0 spiro atoms. The second kappa shape index (κ2) is 5.92. The first-order valence-corrected chi connectivity index (χ1v) is 7.27. The Hall–Kier alpha value is -1.07. The van der Waals surface area contributed by atoms with Crippen molar-refractivity contribution in [3.8, 4) is 5.75 Å². The fourth-order valence-electron chi connectivity index (χ4n) is 2.17. The van der Waals surface area contributed by atoms with Crippen LogP contribution in [0.25, 0.3) is 0 Å². The van der Waals surface area contributed by atoms with Gasteiger partial charge in [0, 0.05) is 23.6 Å². The van der Waals surface area contributed by atoms with Gasteiger partial charge in [0.25, 0.3) is 5.91 Å². The van der Waals surface area contributed by atoms with Crippen LogP contribution in [-0.2, 0) is 0 Å². The molecule has 0 aromatic heterocycles. The first-order valence-electron chi connectivity index (χ1n) is 6.48. The number of carbonyl (C=O) groups excluding carboxylic acids is 1. The first kappa shape index (κ1) is 14.3. The number of halogens is 1. The molecule has 4 nitrogen and oxygen atoms in total. The van der Waals surface area contributed by atoms with Crippen molar-refractivity contribution in [1.29, 1.82) is 0 Å². The number of hydrogen-bond acceptors (Lipinski definition) is 3. The average molecular weight is 327 g/mol. The number of ether oxygens (including phenoxy) is 1. The minimum Gasteiger partial charge on any atom is -0.490 e. The van der Waals surface area contributed by atoms with Gasteiger partial charge < -0.3 is 15.4 Å². The molecule has 1 saturated heterocycles. The van der Waals surface area contributed by atoms with Crippen LogP contribution in [0.4, 0.5) is 0 Å². The minimum atomic E-state index is -0.00361. The van der Waals surface area contributed by atoms with Crippen LogP contribution in [0.1, 0.15) is 30.6 Å². The van der Waals surface area contributed by atoms with Gasteiger partial charge in [0.15, 0.2) is 0 Å². The summed E-state index contributed by atoms with van der Waals surface area (Å²) >= 11 is 3.40. The summed E-state index contributed by atoms with van der Waals surface area (Å²) in [6.07, 6.45) is 0.893. The van der Waals surface area contributed by atoms with E-state index in [1.165, 1.54) is 0 Å².